The fraction of sp³-hybridized carbons (Fsp3) is 0.277. The number of hydrogen-bond acceptors (Lipinski definition) is 3. The summed E-state index contributed by atoms with van der Waals surface area (Å²) in [6.45, 7) is -7.41. The van der Waals surface area contributed by atoms with Crippen molar-refractivity contribution in [2.75, 3.05) is 0 Å². The Bertz CT molecular complexity index is 2810. The van der Waals surface area contributed by atoms with Crippen molar-refractivity contribution in [1.82, 2.24) is 9.97 Å². The maximum atomic E-state index is 8.59. The van der Waals surface area contributed by atoms with E-state index >= 15 is 0 Å². The topological polar surface area (TPSA) is 38.9 Å². The van der Waals surface area contributed by atoms with Gasteiger partial charge in [-0.1, -0.05) is 80.0 Å². The first-order valence-electron chi connectivity index (χ1n) is 24.3. The van der Waals surface area contributed by atoms with Gasteiger partial charge in [-0.05, 0) is 52.7 Å². The van der Waals surface area contributed by atoms with Gasteiger partial charge in [0.2, 0.25) is 0 Å². The Balaban J connectivity index is 0.000000307. The summed E-state index contributed by atoms with van der Waals surface area (Å²) in [6.07, 6.45) is -6.18. The van der Waals surface area contributed by atoms with Crippen LogP contribution in [0.25, 0.3) is 55.6 Å². The first kappa shape index (κ1) is 23.8. The van der Waals surface area contributed by atoms with Gasteiger partial charge in [-0.2, -0.15) is 0 Å². The van der Waals surface area contributed by atoms with Crippen molar-refractivity contribution in [3.05, 3.63) is 139 Å². The van der Waals surface area contributed by atoms with Gasteiger partial charge in [0.1, 0.15) is 5.58 Å². The van der Waals surface area contributed by atoms with Crippen LogP contribution < -0.4 is 4.40 Å². The van der Waals surface area contributed by atoms with E-state index in [2.05, 4.69) is 39.4 Å². The Hall–Kier alpha value is -3.83. The number of aromatic nitrogens is 2. The molecule has 0 saturated heterocycles. The molecule has 7 aromatic rings. The van der Waals surface area contributed by atoms with E-state index in [-0.39, 0.29) is 42.9 Å². The number of hydrogen-bond donors (Lipinski definition) is 0. The third-order valence-corrected chi connectivity index (χ3v) is 12.7. The summed E-state index contributed by atoms with van der Waals surface area (Å²) in [5.41, 5.74) is 0.932. The van der Waals surface area contributed by atoms with Crippen LogP contribution in [0.4, 0.5) is 0 Å². The summed E-state index contributed by atoms with van der Waals surface area (Å²) in [7, 11) is 0. The van der Waals surface area contributed by atoms with Crippen molar-refractivity contribution >= 4 is 39.6 Å². The normalized spacial score (nSPS) is 17.5. The Labute approximate surface area is 348 Å². The first-order valence-corrected chi connectivity index (χ1v) is 24.1. The van der Waals surface area contributed by atoms with E-state index in [0.29, 0.717) is 11.0 Å². The molecule has 0 bridgehead atoms. The van der Waals surface area contributed by atoms with Crippen molar-refractivity contribution in [3.63, 3.8) is 0 Å². The Morgan fingerprint density at radius 2 is 1.60 bits per heavy atom. The van der Waals surface area contributed by atoms with E-state index in [0.717, 1.165) is 56.1 Å². The van der Waals surface area contributed by atoms with Gasteiger partial charge < -0.3 is 9.40 Å². The largest absolute Gasteiger partial charge is 0 e. The predicted molar refractivity (Wildman–Crippen MR) is 219 cm³/mol. The van der Waals surface area contributed by atoms with E-state index < -0.39 is 63.9 Å². The van der Waals surface area contributed by atoms with Gasteiger partial charge >= 0.3 is 128 Å². The number of furan rings is 1. The van der Waals surface area contributed by atoms with Crippen LogP contribution in [0.3, 0.4) is 0 Å². The van der Waals surface area contributed by atoms with Gasteiger partial charge in [-0.3, -0.25) is 0 Å². The predicted octanol–water partition coefficient (Wildman–Crippen LogP) is 12.5. The Morgan fingerprint density at radius 1 is 0.808 bits per heavy atom. The molecule has 0 aliphatic rings. The molecule has 0 atom stereocenters. The first-order chi connectivity index (χ1) is 30.4. The summed E-state index contributed by atoms with van der Waals surface area (Å²) in [5.74, 6) is 6.77. The molecule has 3 aromatic heterocycles. The molecular formula is C47H50GeIrN2O-2. The van der Waals surface area contributed by atoms with Gasteiger partial charge in [0.05, 0.1) is 5.58 Å². The Morgan fingerprint density at radius 3 is 2.29 bits per heavy atom. The quantitative estimate of drug-likeness (QED) is 0.107. The van der Waals surface area contributed by atoms with Crippen LogP contribution in [-0.2, 0) is 31.9 Å². The van der Waals surface area contributed by atoms with Crippen LogP contribution in [0.15, 0.2) is 120 Å². The van der Waals surface area contributed by atoms with Crippen molar-refractivity contribution in [3.8, 4) is 33.6 Å². The van der Waals surface area contributed by atoms with Crippen molar-refractivity contribution in [1.29, 1.82) is 0 Å². The average Bonchev–Trinajstić information content (AvgIpc) is 3.61. The summed E-state index contributed by atoms with van der Waals surface area (Å²) < 4.78 is 131. The fourth-order valence-electron chi connectivity index (χ4n) is 5.90. The molecule has 0 fully saturated rings. The van der Waals surface area contributed by atoms with E-state index in [1.165, 1.54) is 0 Å². The maximum Gasteiger partial charge on any atom is 0 e. The van der Waals surface area contributed by atoms with Crippen LogP contribution in [0.1, 0.15) is 78.8 Å². The summed E-state index contributed by atoms with van der Waals surface area (Å²) in [4.78, 5) is 8.88. The molecule has 0 amide bonds. The molecule has 0 aliphatic carbocycles. The molecular weight excluding hydrogens is 873 g/mol. The van der Waals surface area contributed by atoms with E-state index in [1.54, 1.807) is 12.1 Å². The minimum atomic E-state index is -3.90. The number of rotatable bonds is 9. The summed E-state index contributed by atoms with van der Waals surface area (Å²) in [5, 5.41) is 1.40. The average molecular weight is 939 g/mol. The second-order valence-corrected chi connectivity index (χ2v) is 24.2. The zero-order valence-corrected chi connectivity index (χ0v) is 34.2. The Kier molecular flexibility index (Phi) is 7.71. The van der Waals surface area contributed by atoms with Crippen LogP contribution in [0.2, 0.25) is 17.3 Å². The van der Waals surface area contributed by atoms with Crippen molar-refractivity contribution in [2.45, 2.75) is 76.2 Å². The molecule has 3 nitrogen and oxygen atoms in total. The monoisotopic (exact) mass is 940 g/mol. The fourth-order valence-corrected chi connectivity index (χ4v) is 8.85. The van der Waals surface area contributed by atoms with Crippen LogP contribution >= 0.6 is 0 Å². The van der Waals surface area contributed by atoms with Crippen molar-refractivity contribution < 1.29 is 45.1 Å². The molecule has 269 valence electrons. The van der Waals surface area contributed by atoms with Gasteiger partial charge in [-0.15, -0.1) is 18.2 Å². The second kappa shape index (κ2) is 16.9. The van der Waals surface area contributed by atoms with Gasteiger partial charge in [0.15, 0.2) is 0 Å². The van der Waals surface area contributed by atoms with E-state index in [9.17, 15) is 0 Å². The van der Waals surface area contributed by atoms with E-state index in [1.807, 2.05) is 98.9 Å². The van der Waals surface area contributed by atoms with Gasteiger partial charge in [-0.25, -0.2) is 0 Å². The van der Waals surface area contributed by atoms with Crippen molar-refractivity contribution in [2.24, 2.45) is 5.92 Å². The molecule has 0 aliphatic heterocycles. The number of fused-ring (bicyclic) bond motifs is 3. The molecule has 1 radical (unpaired) electrons. The van der Waals surface area contributed by atoms with Gasteiger partial charge in [0.25, 0.3) is 0 Å². The summed E-state index contributed by atoms with van der Waals surface area (Å²) >= 11 is -2.20. The third-order valence-electron chi connectivity index (χ3n) is 8.51. The summed E-state index contributed by atoms with van der Waals surface area (Å²) in [6, 6.07) is 36.4. The number of benzene rings is 4. The number of nitrogens with zero attached hydrogens (tertiary/aromatic N) is 2. The van der Waals surface area contributed by atoms with Crippen LogP contribution in [0, 0.1) is 18.1 Å². The van der Waals surface area contributed by atoms with Crippen LogP contribution in [-0.4, -0.2) is 23.2 Å². The SMILES string of the molecule is [2H]C([2H])([2H])C([2H])([2H])C(c1ccnc(-c2[c-]ccc3c2oc2cc(-c4ccccc4)ccc23)c1)(C([2H])([2H])[2H])C([2H])([2H])C([2H])([2H])[2H].[2H]C([2H])(c1cc(-c2[c-]cccc2)nc[c]1[Ge]([CH3])([CH3])[CH3])C(C)C.[Ir]. The van der Waals surface area contributed by atoms with E-state index in [4.69, 9.17) is 25.0 Å². The maximum absolute atomic E-state index is 8.59. The third kappa shape index (κ3) is 8.68. The molecule has 0 N–H and O–H groups in total. The zero-order valence-electron chi connectivity index (χ0n) is 44.7. The molecule has 4 aromatic carbocycles. The zero-order chi connectivity index (χ0) is 49.1. The number of pyridine rings is 2. The molecule has 3 heterocycles. The molecule has 0 unspecified atom stereocenters. The molecule has 52 heavy (non-hydrogen) atoms. The second-order valence-electron chi connectivity index (χ2n) is 13.6. The standard InChI is InChI=1S/C29H26NO.C18H24GeN.Ir/c1-4-29(3,5-2)22-16-17-30-26(19-22)25-13-9-12-24-23-15-14-21(18-27(23)31-28(24)25)20-10-7-6-8-11-20;1-14(2)11-16-12-18(15-9-7-6-8-10-15)20-13-17(16)19(3,4)5;/h6-12,14-19H,4-5H2,1-3H3;6-9,12-14H,11H2,1-5H3;/q2*-1;/i1D3,2D3,3D3,4D2,5D2;11D2;. The molecule has 7 rings (SSSR count). The van der Waals surface area contributed by atoms with Crippen LogP contribution in [0.5, 0.6) is 0 Å². The molecule has 5 heteroatoms. The minimum Gasteiger partial charge on any atom is 0 e. The smallest absolute Gasteiger partial charge is 0 e. The minimum absolute atomic E-state index is 0. The molecule has 0 saturated carbocycles. The molecule has 0 spiro atoms. The van der Waals surface area contributed by atoms with Gasteiger partial charge in [0, 0.05) is 49.5 Å².